The van der Waals surface area contributed by atoms with Gasteiger partial charge in [-0.1, -0.05) is 31.9 Å². The highest BCUT2D eigenvalue weighted by atomic mass is 32.1. The summed E-state index contributed by atoms with van der Waals surface area (Å²) in [6, 6.07) is 8.78. The predicted molar refractivity (Wildman–Crippen MR) is 107 cm³/mol. The van der Waals surface area contributed by atoms with Gasteiger partial charge in [0, 0.05) is 6.04 Å². The van der Waals surface area contributed by atoms with Crippen LogP contribution in [0.25, 0.3) is 10.2 Å². The number of nitrogens with one attached hydrogen (secondary N) is 2. The van der Waals surface area contributed by atoms with Gasteiger partial charge in [-0.15, -0.1) is 11.3 Å². The molecule has 2 aliphatic rings. The molecular formula is C21H30N3OS+. The zero-order chi connectivity index (χ0) is 17.9. The van der Waals surface area contributed by atoms with Gasteiger partial charge in [-0.05, 0) is 43.7 Å². The van der Waals surface area contributed by atoms with Crippen molar-refractivity contribution in [1.29, 1.82) is 0 Å². The van der Waals surface area contributed by atoms with Crippen molar-refractivity contribution >= 4 is 27.5 Å². The van der Waals surface area contributed by atoms with Crippen molar-refractivity contribution in [3.8, 4) is 0 Å². The Balaban J connectivity index is 1.35. The second kappa shape index (κ2) is 8.05. The quantitative estimate of drug-likeness (QED) is 0.867. The molecule has 1 aliphatic heterocycles. The van der Waals surface area contributed by atoms with E-state index in [9.17, 15) is 4.79 Å². The van der Waals surface area contributed by atoms with Crippen LogP contribution in [0, 0.1) is 5.92 Å². The summed E-state index contributed by atoms with van der Waals surface area (Å²) in [7, 11) is 0. The van der Waals surface area contributed by atoms with Gasteiger partial charge in [-0.25, -0.2) is 4.98 Å². The molecule has 1 aliphatic carbocycles. The average molecular weight is 373 g/mol. The second-order valence-corrected chi connectivity index (χ2v) is 9.24. The maximum atomic E-state index is 12.6. The molecule has 1 unspecified atom stereocenters. The first kappa shape index (κ1) is 17.9. The van der Waals surface area contributed by atoms with E-state index in [0.29, 0.717) is 24.4 Å². The van der Waals surface area contributed by atoms with Crippen molar-refractivity contribution in [2.75, 3.05) is 19.6 Å². The Morgan fingerprint density at radius 2 is 2.08 bits per heavy atom. The number of para-hydroxylation sites is 1. The maximum Gasteiger partial charge on any atom is 0.275 e. The number of aromatic nitrogens is 1. The van der Waals surface area contributed by atoms with Crippen LogP contribution in [-0.4, -0.2) is 36.6 Å². The number of benzene rings is 1. The Kier molecular flexibility index (Phi) is 5.55. The molecule has 1 aromatic carbocycles. The van der Waals surface area contributed by atoms with Gasteiger partial charge in [0.05, 0.1) is 29.2 Å². The number of hydrogen-bond acceptors (Lipinski definition) is 3. The highest BCUT2D eigenvalue weighted by Gasteiger charge is 2.29. The maximum absolute atomic E-state index is 12.6. The zero-order valence-corrected chi connectivity index (χ0v) is 16.5. The molecule has 0 bridgehead atoms. The van der Waals surface area contributed by atoms with Gasteiger partial charge >= 0.3 is 0 Å². The van der Waals surface area contributed by atoms with Gasteiger partial charge in [0.15, 0.2) is 6.54 Å². The number of likely N-dealkylation sites (tertiary alicyclic amines) is 1. The van der Waals surface area contributed by atoms with E-state index in [0.717, 1.165) is 25.0 Å². The first-order chi connectivity index (χ1) is 12.7. The summed E-state index contributed by atoms with van der Waals surface area (Å²) in [5.41, 5.74) is 1.11. The number of fused-ring (bicyclic) bond motifs is 1. The van der Waals surface area contributed by atoms with E-state index in [1.807, 2.05) is 11.3 Å². The van der Waals surface area contributed by atoms with E-state index in [2.05, 4.69) is 36.5 Å². The summed E-state index contributed by atoms with van der Waals surface area (Å²) >= 11 is 1.83. The number of nitrogens with zero attached hydrogens (tertiary/aromatic N) is 1. The lowest BCUT2D eigenvalue weighted by Gasteiger charge is -2.31. The molecule has 1 saturated carbocycles. The molecule has 26 heavy (non-hydrogen) atoms. The molecule has 4 atom stereocenters. The predicted octanol–water partition coefficient (Wildman–Crippen LogP) is 2.75. The topological polar surface area (TPSA) is 46.4 Å². The first-order valence-electron chi connectivity index (χ1n) is 10.2. The summed E-state index contributed by atoms with van der Waals surface area (Å²) in [5, 5.41) is 4.57. The molecule has 2 heterocycles. The van der Waals surface area contributed by atoms with Crippen molar-refractivity contribution in [2.45, 2.75) is 57.4 Å². The summed E-state index contributed by atoms with van der Waals surface area (Å²) in [6.45, 7) is 5.04. The third-order valence-electron chi connectivity index (χ3n) is 6.15. The number of thiazole rings is 1. The van der Waals surface area contributed by atoms with Crippen molar-refractivity contribution in [1.82, 2.24) is 10.3 Å². The lowest BCUT2D eigenvalue weighted by Crippen LogP contribution is -3.14. The van der Waals surface area contributed by atoms with Crippen LogP contribution in [0.1, 0.15) is 56.4 Å². The van der Waals surface area contributed by atoms with Crippen LogP contribution in [0.4, 0.5) is 0 Å². The fourth-order valence-electron chi connectivity index (χ4n) is 4.60. The lowest BCUT2D eigenvalue weighted by atomic mass is 9.86. The molecule has 2 N–H and O–H groups in total. The molecular weight excluding hydrogens is 342 g/mol. The van der Waals surface area contributed by atoms with Crippen molar-refractivity contribution < 1.29 is 9.69 Å². The van der Waals surface area contributed by atoms with Gasteiger partial charge in [0.2, 0.25) is 0 Å². The largest absolute Gasteiger partial charge is 0.348 e. The Labute approximate surface area is 160 Å². The summed E-state index contributed by atoms with van der Waals surface area (Å²) in [5.74, 6) is 1.36. The molecule has 0 spiro atoms. The van der Waals surface area contributed by atoms with Gasteiger partial charge in [-0.3, -0.25) is 4.79 Å². The summed E-state index contributed by atoms with van der Waals surface area (Å²) < 4.78 is 1.28. The molecule has 0 radical (unpaired) electrons. The fraction of sp³-hybridized carbons (Fsp3) is 0.619. The minimum atomic E-state index is 0.240. The van der Waals surface area contributed by atoms with Crippen molar-refractivity contribution in [2.24, 2.45) is 5.92 Å². The Morgan fingerprint density at radius 1 is 1.23 bits per heavy atom. The van der Waals surface area contributed by atoms with E-state index < -0.39 is 0 Å². The van der Waals surface area contributed by atoms with Crippen molar-refractivity contribution in [3.63, 3.8) is 0 Å². The highest BCUT2D eigenvalue weighted by molar-refractivity contribution is 7.18. The fourth-order valence-corrected chi connectivity index (χ4v) is 5.70. The number of rotatable bonds is 4. The average Bonchev–Trinajstić information content (AvgIpc) is 3.08. The Hall–Kier alpha value is -1.46. The van der Waals surface area contributed by atoms with Crippen LogP contribution in [0.15, 0.2) is 24.3 Å². The van der Waals surface area contributed by atoms with Crippen LogP contribution in [-0.2, 0) is 4.79 Å². The van der Waals surface area contributed by atoms with Gasteiger partial charge in [0.25, 0.3) is 5.91 Å². The molecule has 2 fully saturated rings. The van der Waals surface area contributed by atoms with Crippen LogP contribution < -0.4 is 10.2 Å². The smallest absolute Gasteiger partial charge is 0.275 e. The summed E-state index contributed by atoms with van der Waals surface area (Å²) in [4.78, 5) is 18.8. The normalized spacial score (nSPS) is 29.6. The molecule has 1 aromatic heterocycles. The van der Waals surface area contributed by atoms with Crippen molar-refractivity contribution in [3.05, 3.63) is 29.3 Å². The molecule has 4 rings (SSSR count). The van der Waals surface area contributed by atoms with Crippen LogP contribution in [0.2, 0.25) is 0 Å². The number of quaternary nitrogens is 1. The van der Waals surface area contributed by atoms with E-state index in [1.54, 1.807) is 0 Å². The molecule has 1 amide bonds. The Morgan fingerprint density at radius 3 is 2.92 bits per heavy atom. The molecule has 5 heteroatoms. The van der Waals surface area contributed by atoms with Gasteiger partial charge in [-0.2, -0.15) is 0 Å². The van der Waals surface area contributed by atoms with Gasteiger partial charge in [0.1, 0.15) is 5.01 Å². The highest BCUT2D eigenvalue weighted by Crippen LogP contribution is 2.30. The zero-order valence-electron chi connectivity index (χ0n) is 15.7. The Bertz CT molecular complexity index is 726. The molecule has 4 nitrogen and oxygen atoms in total. The van der Waals surface area contributed by atoms with Crippen LogP contribution >= 0.6 is 11.3 Å². The SMILES string of the molecule is C[C@H]1CCCC[C@H]1NC(=O)C[NH+]1CCC[C@H](c2nc3ccccc3s2)C1. The monoisotopic (exact) mass is 372 g/mol. The molecule has 2 aromatic rings. The number of hydrogen-bond donors (Lipinski definition) is 2. The number of piperidine rings is 1. The first-order valence-corrected chi connectivity index (χ1v) is 11.0. The van der Waals surface area contributed by atoms with E-state index in [4.69, 9.17) is 4.98 Å². The van der Waals surface area contributed by atoms with E-state index in [-0.39, 0.29) is 5.91 Å². The number of amides is 1. The summed E-state index contributed by atoms with van der Waals surface area (Å²) in [6.07, 6.45) is 7.35. The molecule has 140 valence electrons. The second-order valence-electron chi connectivity index (χ2n) is 8.18. The van der Waals surface area contributed by atoms with E-state index >= 15 is 0 Å². The van der Waals surface area contributed by atoms with Gasteiger partial charge < -0.3 is 10.2 Å². The van der Waals surface area contributed by atoms with Crippen LogP contribution in [0.5, 0.6) is 0 Å². The van der Waals surface area contributed by atoms with Crippen LogP contribution in [0.3, 0.4) is 0 Å². The van der Waals surface area contributed by atoms with E-state index in [1.165, 1.54) is 46.7 Å². The minimum absolute atomic E-state index is 0.240. The lowest BCUT2D eigenvalue weighted by molar-refractivity contribution is -0.898. The third kappa shape index (κ3) is 4.09. The minimum Gasteiger partial charge on any atom is -0.348 e. The number of carbonyl (C=O) groups is 1. The number of carbonyl (C=O) groups excluding carboxylic acids is 1. The third-order valence-corrected chi connectivity index (χ3v) is 7.34. The standard InChI is InChI=1S/C21H29N3OS/c1-15-7-2-3-9-17(15)22-20(25)14-24-12-6-8-16(13-24)21-23-18-10-4-5-11-19(18)26-21/h4-5,10-11,15-17H,2-3,6-9,12-14H2,1H3,(H,22,25)/p+1/t15-,16-,17+/m0/s1. The molecule has 1 saturated heterocycles.